The van der Waals surface area contributed by atoms with Gasteiger partial charge in [0.05, 0.1) is 7.11 Å². The molecule has 0 aliphatic rings. The monoisotopic (exact) mass is 315 g/mol. The van der Waals surface area contributed by atoms with Gasteiger partial charge in [0.15, 0.2) is 5.78 Å². The maximum Gasteiger partial charge on any atom is 0.329 e. The fourth-order valence-corrected chi connectivity index (χ4v) is 2.88. The van der Waals surface area contributed by atoms with Gasteiger partial charge in [-0.1, -0.05) is 12.1 Å². The first kappa shape index (κ1) is 16.8. The number of esters is 1. The van der Waals surface area contributed by atoms with E-state index >= 15 is 0 Å². The fraction of sp³-hybridized carbons (Fsp3) is 0.333. The molecule has 5 heteroatoms. The number of carbonyl (C=O) groups is 2. The number of Topliss-reactive ketones (excluding diaryl/α,β-unsaturated/α-hetero) is 1. The second kappa shape index (κ2) is 6.69. The average Bonchev–Trinajstić information content (AvgIpc) is 2.81. The van der Waals surface area contributed by atoms with Crippen LogP contribution in [-0.4, -0.2) is 28.5 Å². The van der Waals surface area contributed by atoms with Crippen LogP contribution in [0.25, 0.3) is 0 Å². The van der Waals surface area contributed by atoms with Crippen LogP contribution in [0.15, 0.2) is 30.3 Å². The number of rotatable bonds is 5. The number of methoxy groups -OCH3 is 1. The number of hydrogen-bond acceptors (Lipinski definition) is 4. The lowest BCUT2D eigenvalue weighted by Crippen LogP contribution is -2.25. The fourth-order valence-electron chi connectivity index (χ4n) is 2.88. The second-order valence-electron chi connectivity index (χ2n) is 5.62. The Bertz CT molecular complexity index is 728. The number of aryl methyl sites for hydroxylation is 1. The van der Waals surface area contributed by atoms with Gasteiger partial charge in [0.1, 0.15) is 11.8 Å². The number of nitrogens with zero attached hydrogens (tertiary/aromatic N) is 1. The van der Waals surface area contributed by atoms with Gasteiger partial charge in [-0.3, -0.25) is 4.79 Å². The number of phenolic OH excluding ortho intramolecular Hbond substituents is 1. The number of ether oxygens (including phenoxy) is 1. The lowest BCUT2D eigenvalue weighted by atomic mass is 10.0. The minimum Gasteiger partial charge on any atom is -0.508 e. The highest BCUT2D eigenvalue weighted by molar-refractivity contribution is 5.95. The Morgan fingerprint density at radius 2 is 1.83 bits per heavy atom. The first-order valence-electron chi connectivity index (χ1n) is 7.40. The summed E-state index contributed by atoms with van der Waals surface area (Å²) in [5.41, 5.74) is 3.10. The topological polar surface area (TPSA) is 68.5 Å². The maximum atomic E-state index is 12.3. The number of ketones is 1. The van der Waals surface area contributed by atoms with Crippen LogP contribution in [-0.2, 0) is 16.0 Å². The Morgan fingerprint density at radius 3 is 2.30 bits per heavy atom. The average molecular weight is 315 g/mol. The molecule has 1 aromatic carbocycles. The predicted molar refractivity (Wildman–Crippen MR) is 86.8 cm³/mol. The molecule has 0 aliphatic heterocycles. The largest absolute Gasteiger partial charge is 0.508 e. The number of phenols is 1. The minimum absolute atomic E-state index is 0.0300. The molecule has 1 aromatic heterocycles. The molecule has 5 nitrogen and oxygen atoms in total. The number of hydrogen-bond donors (Lipinski definition) is 1. The molecule has 23 heavy (non-hydrogen) atoms. The van der Waals surface area contributed by atoms with E-state index in [0.29, 0.717) is 12.0 Å². The van der Waals surface area contributed by atoms with E-state index in [9.17, 15) is 14.7 Å². The van der Waals surface area contributed by atoms with Crippen LogP contribution in [0, 0.1) is 13.8 Å². The zero-order valence-corrected chi connectivity index (χ0v) is 13.8. The van der Waals surface area contributed by atoms with Gasteiger partial charge in [-0.05, 0) is 44.5 Å². The number of carbonyl (C=O) groups excluding carboxylic acids is 2. The molecule has 0 amide bonds. The number of aromatic nitrogens is 1. The van der Waals surface area contributed by atoms with E-state index in [0.717, 1.165) is 17.0 Å². The zero-order chi connectivity index (χ0) is 17.1. The van der Waals surface area contributed by atoms with Crippen LogP contribution in [0.5, 0.6) is 5.75 Å². The van der Waals surface area contributed by atoms with Crippen molar-refractivity contribution >= 4 is 11.8 Å². The molecule has 0 radical (unpaired) electrons. The van der Waals surface area contributed by atoms with Crippen molar-refractivity contribution < 1.29 is 19.4 Å². The molecular weight excluding hydrogens is 294 g/mol. The first-order valence-corrected chi connectivity index (χ1v) is 7.40. The van der Waals surface area contributed by atoms with Crippen molar-refractivity contribution in [3.63, 3.8) is 0 Å². The summed E-state index contributed by atoms with van der Waals surface area (Å²) in [6, 6.07) is 7.94. The Hall–Kier alpha value is -2.56. The first-order chi connectivity index (χ1) is 10.8. The van der Waals surface area contributed by atoms with Crippen LogP contribution in [0.3, 0.4) is 0 Å². The molecule has 122 valence electrons. The highest BCUT2D eigenvalue weighted by Gasteiger charge is 2.26. The third-order valence-corrected chi connectivity index (χ3v) is 4.01. The molecule has 0 aliphatic carbocycles. The van der Waals surface area contributed by atoms with E-state index < -0.39 is 6.04 Å². The smallest absolute Gasteiger partial charge is 0.329 e. The van der Waals surface area contributed by atoms with Gasteiger partial charge in [-0.25, -0.2) is 4.79 Å². The van der Waals surface area contributed by atoms with E-state index in [-0.39, 0.29) is 17.5 Å². The van der Waals surface area contributed by atoms with E-state index in [4.69, 9.17) is 4.74 Å². The molecule has 0 spiro atoms. The van der Waals surface area contributed by atoms with Crippen molar-refractivity contribution in [3.8, 4) is 5.75 Å². The maximum absolute atomic E-state index is 12.3. The molecule has 2 rings (SSSR count). The summed E-state index contributed by atoms with van der Waals surface area (Å²) in [6.45, 7) is 5.21. The van der Waals surface area contributed by atoms with Crippen molar-refractivity contribution in [3.05, 3.63) is 52.8 Å². The van der Waals surface area contributed by atoms with Gasteiger partial charge in [0.25, 0.3) is 0 Å². The van der Waals surface area contributed by atoms with Gasteiger partial charge in [-0.2, -0.15) is 0 Å². The summed E-state index contributed by atoms with van der Waals surface area (Å²) in [5, 5.41) is 9.38. The van der Waals surface area contributed by atoms with Gasteiger partial charge in [0.2, 0.25) is 0 Å². The van der Waals surface area contributed by atoms with E-state index in [2.05, 4.69) is 0 Å². The number of aromatic hydroxyl groups is 1. The Balaban J connectivity index is 2.45. The number of benzene rings is 1. The molecule has 1 N–H and O–H groups in total. The second-order valence-corrected chi connectivity index (χ2v) is 5.62. The van der Waals surface area contributed by atoms with Crippen molar-refractivity contribution in [2.24, 2.45) is 0 Å². The molecule has 0 unspecified atom stereocenters. The van der Waals surface area contributed by atoms with Crippen molar-refractivity contribution in [1.82, 2.24) is 4.57 Å². The van der Waals surface area contributed by atoms with Gasteiger partial charge < -0.3 is 14.4 Å². The van der Waals surface area contributed by atoms with E-state index in [1.54, 1.807) is 30.3 Å². The lowest BCUT2D eigenvalue weighted by Gasteiger charge is -2.21. The summed E-state index contributed by atoms with van der Waals surface area (Å²) >= 11 is 0. The molecule has 0 saturated heterocycles. The van der Waals surface area contributed by atoms with Gasteiger partial charge in [-0.15, -0.1) is 0 Å². The van der Waals surface area contributed by atoms with Gasteiger partial charge in [0, 0.05) is 23.4 Å². The lowest BCUT2D eigenvalue weighted by molar-refractivity contribution is -0.144. The van der Waals surface area contributed by atoms with Crippen molar-refractivity contribution in [2.75, 3.05) is 7.11 Å². The SMILES string of the molecule is COC(=O)[C@H](Cc1ccc(O)cc1)n1c(C)cc(C(C)=O)c1C. The quantitative estimate of drug-likeness (QED) is 0.680. The summed E-state index contributed by atoms with van der Waals surface area (Å²) in [6.07, 6.45) is 0.417. The Kier molecular flexibility index (Phi) is 4.89. The molecule has 0 fully saturated rings. The third kappa shape index (κ3) is 3.44. The molecule has 0 bridgehead atoms. The molecule has 0 saturated carbocycles. The summed E-state index contributed by atoms with van der Waals surface area (Å²) in [4.78, 5) is 24.0. The zero-order valence-electron chi connectivity index (χ0n) is 13.8. The minimum atomic E-state index is -0.558. The van der Waals surface area contributed by atoms with Crippen molar-refractivity contribution in [2.45, 2.75) is 33.2 Å². The van der Waals surface area contributed by atoms with Gasteiger partial charge >= 0.3 is 5.97 Å². The van der Waals surface area contributed by atoms with E-state index in [1.807, 2.05) is 18.4 Å². The van der Waals surface area contributed by atoms with Crippen LogP contribution in [0.2, 0.25) is 0 Å². The Morgan fingerprint density at radius 1 is 1.22 bits per heavy atom. The van der Waals surface area contributed by atoms with Crippen molar-refractivity contribution in [1.29, 1.82) is 0 Å². The summed E-state index contributed by atoms with van der Waals surface area (Å²) in [5.74, 6) is -0.219. The molecule has 1 atom stereocenters. The summed E-state index contributed by atoms with van der Waals surface area (Å²) in [7, 11) is 1.35. The Labute approximate surface area is 135 Å². The highest BCUT2D eigenvalue weighted by Crippen LogP contribution is 2.25. The molecule has 2 aromatic rings. The molecular formula is C18H21NO4. The van der Waals surface area contributed by atoms with Crippen LogP contribution in [0.1, 0.15) is 40.3 Å². The van der Waals surface area contributed by atoms with Crippen LogP contribution >= 0.6 is 0 Å². The van der Waals surface area contributed by atoms with E-state index in [1.165, 1.54) is 14.0 Å². The predicted octanol–water partition coefficient (Wildman–Crippen LogP) is 2.97. The van der Waals surface area contributed by atoms with Crippen LogP contribution < -0.4 is 0 Å². The third-order valence-electron chi connectivity index (χ3n) is 4.01. The standard InChI is InChI=1S/C18H21NO4/c1-11-9-16(13(3)20)12(2)19(11)17(18(22)23-4)10-14-5-7-15(21)8-6-14/h5-9,17,21H,10H2,1-4H3/t17-/m0/s1. The summed E-state index contributed by atoms with van der Waals surface area (Å²) < 4.78 is 6.79. The molecule has 1 heterocycles. The van der Waals surface area contributed by atoms with Crippen LogP contribution in [0.4, 0.5) is 0 Å². The highest BCUT2D eigenvalue weighted by atomic mass is 16.5. The normalized spacial score (nSPS) is 12.0.